The van der Waals surface area contributed by atoms with Crippen LogP contribution in [0.1, 0.15) is 30.4 Å². The molecule has 4 nitrogen and oxygen atoms in total. The quantitative estimate of drug-likeness (QED) is 0.899. The number of nitrogens with one attached hydrogen (secondary N) is 1. The summed E-state index contributed by atoms with van der Waals surface area (Å²) in [5.41, 5.74) is -1.18. The molecule has 0 saturated carbocycles. The number of alkyl halides is 3. The molecule has 0 bridgehead atoms. The zero-order valence-electron chi connectivity index (χ0n) is 11.9. The van der Waals surface area contributed by atoms with Gasteiger partial charge in [0.25, 0.3) is 0 Å². The summed E-state index contributed by atoms with van der Waals surface area (Å²) in [7, 11) is -3.85. The van der Waals surface area contributed by atoms with E-state index in [-0.39, 0.29) is 18.2 Å². The first-order valence-electron chi connectivity index (χ1n) is 7.02. The number of hydrogen-bond acceptors (Lipinski definition) is 3. The topological polar surface area (TPSA) is 55.4 Å². The summed E-state index contributed by atoms with van der Waals surface area (Å²) in [4.78, 5) is 0. The van der Waals surface area contributed by atoms with Crippen LogP contribution in [0.3, 0.4) is 0 Å². The maximum atomic E-state index is 12.9. The van der Waals surface area contributed by atoms with Crippen LogP contribution in [0.5, 0.6) is 0 Å². The van der Waals surface area contributed by atoms with E-state index >= 15 is 0 Å². The maximum Gasteiger partial charge on any atom is 0.416 e. The molecule has 1 saturated heterocycles. The Hall–Kier alpha value is -1.12. The molecule has 1 atom stereocenters. The van der Waals surface area contributed by atoms with Gasteiger partial charge in [-0.2, -0.15) is 13.2 Å². The fourth-order valence-electron chi connectivity index (χ4n) is 2.37. The minimum absolute atomic E-state index is 0.0938. The summed E-state index contributed by atoms with van der Waals surface area (Å²) in [6.45, 7) is 0.680. The van der Waals surface area contributed by atoms with Crippen molar-refractivity contribution in [3.8, 4) is 0 Å². The van der Waals surface area contributed by atoms with Gasteiger partial charge in [-0.25, -0.2) is 13.1 Å². The van der Waals surface area contributed by atoms with E-state index < -0.39 is 27.5 Å². The van der Waals surface area contributed by atoms with Gasteiger partial charge in [-0.15, -0.1) is 0 Å². The lowest BCUT2D eigenvalue weighted by Gasteiger charge is -2.22. The normalized spacial score (nSPS) is 20.0. The number of halogens is 3. The second-order valence-corrected chi connectivity index (χ2v) is 7.06. The summed E-state index contributed by atoms with van der Waals surface area (Å²) in [5.74, 6) is -0.699. The predicted octanol–water partition coefficient (Wildman–Crippen LogP) is 2.69. The first-order chi connectivity index (χ1) is 10.3. The van der Waals surface area contributed by atoms with Crippen LogP contribution in [-0.2, 0) is 26.7 Å². The Bertz CT molecular complexity index is 596. The molecular weight excluding hydrogens is 319 g/mol. The van der Waals surface area contributed by atoms with E-state index in [1.54, 1.807) is 0 Å². The number of ether oxygens (including phenoxy) is 1. The minimum Gasteiger partial charge on any atom is -0.377 e. The fourth-order valence-corrected chi connectivity index (χ4v) is 3.57. The van der Waals surface area contributed by atoms with Crippen molar-refractivity contribution in [3.05, 3.63) is 35.4 Å². The lowest BCUT2D eigenvalue weighted by molar-refractivity contribution is -0.138. The van der Waals surface area contributed by atoms with Crippen molar-refractivity contribution >= 4 is 10.0 Å². The Morgan fingerprint density at radius 2 is 1.95 bits per heavy atom. The van der Waals surface area contributed by atoms with E-state index in [1.165, 1.54) is 18.2 Å². The van der Waals surface area contributed by atoms with Crippen molar-refractivity contribution in [1.29, 1.82) is 0 Å². The van der Waals surface area contributed by atoms with Crippen molar-refractivity contribution in [1.82, 2.24) is 4.72 Å². The molecule has 0 aliphatic carbocycles. The molecule has 0 radical (unpaired) electrons. The van der Waals surface area contributed by atoms with Gasteiger partial charge in [-0.3, -0.25) is 0 Å². The zero-order chi connectivity index (χ0) is 16.2. The van der Waals surface area contributed by atoms with Gasteiger partial charge in [0.1, 0.15) is 0 Å². The molecule has 1 heterocycles. The van der Waals surface area contributed by atoms with Crippen molar-refractivity contribution in [2.45, 2.75) is 37.3 Å². The Labute approximate surface area is 127 Å². The molecule has 8 heteroatoms. The highest BCUT2D eigenvalue weighted by atomic mass is 32.2. The largest absolute Gasteiger partial charge is 0.416 e. The molecule has 1 unspecified atom stereocenters. The van der Waals surface area contributed by atoms with Crippen LogP contribution in [0.2, 0.25) is 0 Å². The van der Waals surface area contributed by atoms with E-state index in [4.69, 9.17) is 4.74 Å². The number of benzene rings is 1. The molecule has 0 spiro atoms. The Balaban J connectivity index is 2.02. The lowest BCUT2D eigenvalue weighted by Crippen LogP contribution is -2.36. The molecule has 1 aromatic carbocycles. The van der Waals surface area contributed by atoms with E-state index in [0.29, 0.717) is 6.61 Å². The first kappa shape index (κ1) is 17.2. The van der Waals surface area contributed by atoms with E-state index in [9.17, 15) is 21.6 Å². The molecule has 0 aromatic heterocycles. The van der Waals surface area contributed by atoms with Gasteiger partial charge in [0.2, 0.25) is 10.0 Å². The summed E-state index contributed by atoms with van der Waals surface area (Å²) in [6, 6.07) is 4.70. The molecule has 1 fully saturated rings. The standard InChI is InChI=1S/C14H18F3NO3S/c15-14(16,17)13-7-2-1-5-11(13)10-22(19,20)18-9-12-6-3-4-8-21-12/h1-2,5,7,12,18H,3-4,6,8-10H2. The van der Waals surface area contributed by atoms with Crippen LogP contribution in [0.25, 0.3) is 0 Å². The summed E-state index contributed by atoms with van der Waals surface area (Å²) in [5, 5.41) is 0. The van der Waals surface area contributed by atoms with Crippen LogP contribution in [0.4, 0.5) is 13.2 Å². The van der Waals surface area contributed by atoms with Crippen molar-refractivity contribution < 1.29 is 26.3 Å². The Kier molecular flexibility index (Phi) is 5.46. The number of sulfonamides is 1. The molecule has 124 valence electrons. The third-order valence-corrected chi connectivity index (χ3v) is 4.77. The highest BCUT2D eigenvalue weighted by molar-refractivity contribution is 7.88. The average molecular weight is 337 g/mol. The van der Waals surface area contributed by atoms with Gasteiger partial charge in [-0.1, -0.05) is 18.2 Å². The molecule has 1 N–H and O–H groups in total. The van der Waals surface area contributed by atoms with E-state index in [1.807, 2.05) is 0 Å². The molecule has 22 heavy (non-hydrogen) atoms. The van der Waals surface area contributed by atoms with Gasteiger partial charge in [0.15, 0.2) is 0 Å². The number of hydrogen-bond donors (Lipinski definition) is 1. The van der Waals surface area contributed by atoms with Crippen LogP contribution in [0, 0.1) is 0 Å². The fraction of sp³-hybridized carbons (Fsp3) is 0.571. The van der Waals surface area contributed by atoms with Crippen molar-refractivity contribution in [2.24, 2.45) is 0 Å². The Morgan fingerprint density at radius 1 is 1.23 bits per heavy atom. The van der Waals surface area contributed by atoms with Crippen LogP contribution in [0.15, 0.2) is 24.3 Å². The summed E-state index contributed by atoms with van der Waals surface area (Å²) >= 11 is 0. The molecule has 0 amide bonds. The van der Waals surface area contributed by atoms with E-state index in [2.05, 4.69) is 4.72 Å². The minimum atomic E-state index is -4.57. The third kappa shape index (κ3) is 4.96. The van der Waals surface area contributed by atoms with Crippen LogP contribution < -0.4 is 4.72 Å². The van der Waals surface area contributed by atoms with Crippen LogP contribution >= 0.6 is 0 Å². The summed E-state index contributed by atoms with van der Waals surface area (Å²) in [6.07, 6.45) is -2.12. The summed E-state index contributed by atoms with van der Waals surface area (Å²) < 4.78 is 70.3. The first-order valence-corrected chi connectivity index (χ1v) is 8.67. The predicted molar refractivity (Wildman–Crippen MR) is 75.7 cm³/mol. The smallest absolute Gasteiger partial charge is 0.377 e. The van der Waals surface area contributed by atoms with Crippen LogP contribution in [-0.4, -0.2) is 27.7 Å². The SMILES string of the molecule is O=S(=O)(Cc1ccccc1C(F)(F)F)NCC1CCCCO1. The molecule has 2 rings (SSSR count). The number of rotatable bonds is 5. The van der Waals surface area contributed by atoms with Gasteiger partial charge >= 0.3 is 6.18 Å². The molecule has 1 aromatic rings. The van der Waals surface area contributed by atoms with Gasteiger partial charge < -0.3 is 4.74 Å². The van der Waals surface area contributed by atoms with Gasteiger partial charge in [0.05, 0.1) is 17.4 Å². The lowest BCUT2D eigenvalue weighted by atomic mass is 10.1. The van der Waals surface area contributed by atoms with Gasteiger partial charge in [-0.05, 0) is 30.9 Å². The highest BCUT2D eigenvalue weighted by Gasteiger charge is 2.34. The average Bonchev–Trinajstić information content (AvgIpc) is 2.45. The maximum absolute atomic E-state index is 12.9. The monoisotopic (exact) mass is 337 g/mol. The van der Waals surface area contributed by atoms with Crippen molar-refractivity contribution in [3.63, 3.8) is 0 Å². The zero-order valence-corrected chi connectivity index (χ0v) is 12.7. The molecule has 1 aliphatic rings. The Morgan fingerprint density at radius 3 is 2.59 bits per heavy atom. The third-order valence-electron chi connectivity index (χ3n) is 3.47. The van der Waals surface area contributed by atoms with Crippen molar-refractivity contribution in [2.75, 3.05) is 13.2 Å². The van der Waals surface area contributed by atoms with Gasteiger partial charge in [0, 0.05) is 13.2 Å². The highest BCUT2D eigenvalue weighted by Crippen LogP contribution is 2.32. The molecular formula is C14H18F3NO3S. The second kappa shape index (κ2) is 6.97. The second-order valence-electron chi connectivity index (χ2n) is 5.25. The molecule has 1 aliphatic heterocycles. The van der Waals surface area contributed by atoms with E-state index in [0.717, 1.165) is 25.3 Å².